The second-order valence-electron chi connectivity index (χ2n) is 7.51. The van der Waals surface area contributed by atoms with Crippen molar-refractivity contribution >= 4 is 28.5 Å². The van der Waals surface area contributed by atoms with Gasteiger partial charge in [0.05, 0.1) is 19.2 Å². The lowest BCUT2D eigenvalue weighted by atomic mass is 10.2. The van der Waals surface area contributed by atoms with Crippen LogP contribution < -0.4 is 31.8 Å². The van der Waals surface area contributed by atoms with Gasteiger partial charge in [-0.15, -0.1) is 0 Å². The van der Waals surface area contributed by atoms with Crippen LogP contribution in [0, 0.1) is 0 Å². The van der Waals surface area contributed by atoms with E-state index in [1.165, 1.54) is 23.3 Å². The molecule has 30 heavy (non-hydrogen) atoms. The van der Waals surface area contributed by atoms with E-state index in [1.807, 2.05) is 11.8 Å². The van der Waals surface area contributed by atoms with Crippen molar-refractivity contribution in [1.29, 1.82) is 0 Å². The quantitative estimate of drug-likeness (QED) is 0.365. The topological polar surface area (TPSA) is 35.5 Å². The van der Waals surface area contributed by atoms with E-state index in [0.29, 0.717) is 0 Å². The molecule has 1 aromatic carbocycles. The summed E-state index contributed by atoms with van der Waals surface area (Å²) in [6.45, 7) is 11.9. The van der Waals surface area contributed by atoms with Crippen LogP contribution in [0.5, 0.6) is 0 Å². The first-order valence-electron chi connectivity index (χ1n) is 10.6. The lowest BCUT2D eigenvalue weighted by molar-refractivity contribution is -0.00000649. The molecular weight excluding hydrogens is 460 g/mol. The number of benzene rings is 2. The Morgan fingerprint density at radius 2 is 1.87 bits per heavy atom. The third-order valence-electron chi connectivity index (χ3n) is 5.83. The minimum absolute atomic E-state index is 0. The number of aromatic nitrogens is 1. The summed E-state index contributed by atoms with van der Waals surface area (Å²) in [5, 5.41) is 1.23. The van der Waals surface area contributed by atoms with Crippen LogP contribution in [-0.4, -0.2) is 67.7 Å². The zero-order valence-corrected chi connectivity index (χ0v) is 20.5. The van der Waals surface area contributed by atoms with Gasteiger partial charge in [-0.3, -0.25) is 4.90 Å². The molecule has 0 saturated carbocycles. The number of halogens is 1. The summed E-state index contributed by atoms with van der Waals surface area (Å²) in [4.78, 5) is 9.70. The molecule has 3 aliphatic rings. The van der Waals surface area contributed by atoms with Crippen molar-refractivity contribution in [2.24, 2.45) is 0 Å². The van der Waals surface area contributed by atoms with E-state index in [-0.39, 0.29) is 17.0 Å². The van der Waals surface area contributed by atoms with Crippen molar-refractivity contribution in [3.63, 3.8) is 0 Å². The zero-order valence-electron chi connectivity index (χ0n) is 18.1. The molecule has 0 radical (unpaired) electrons. The maximum absolute atomic E-state index is 6.30. The van der Waals surface area contributed by atoms with Crippen LogP contribution in [0.15, 0.2) is 40.8 Å². The number of anilines is 1. The van der Waals surface area contributed by atoms with E-state index >= 15 is 0 Å². The van der Waals surface area contributed by atoms with Crippen LogP contribution in [0.3, 0.4) is 0 Å². The standard InChI is InChI=1S/C23H31N4OS.BrH/c1-4-26(5-2)18-6-8-20-22(16-18)28-23-17-19(7-9-21(23)24-20)27-12-10-25(11-13-27)14-15-29-3;/h6-9,16-17H,4-5,10-15H2,1-3H3;1H/q+1;/p-1. The zero-order chi connectivity index (χ0) is 20.2. The van der Waals surface area contributed by atoms with Gasteiger partial charge in [0.15, 0.2) is 24.4 Å². The van der Waals surface area contributed by atoms with E-state index < -0.39 is 0 Å². The number of rotatable bonds is 6. The molecule has 0 atom stereocenters. The Labute approximate surface area is 193 Å². The molecular formula is C23H31BrN4OS. The fourth-order valence-corrected chi connectivity index (χ4v) is 4.48. The minimum atomic E-state index is 0. The van der Waals surface area contributed by atoms with Gasteiger partial charge in [-0.25, -0.2) is 9.56 Å². The lowest BCUT2D eigenvalue weighted by Gasteiger charge is -2.24. The van der Waals surface area contributed by atoms with E-state index in [0.717, 1.165) is 61.8 Å². The van der Waals surface area contributed by atoms with Crippen LogP contribution in [-0.2, 0) is 0 Å². The summed E-state index contributed by atoms with van der Waals surface area (Å²) in [5.74, 6) is 2.07. The molecule has 0 amide bonds. The van der Waals surface area contributed by atoms with E-state index in [4.69, 9.17) is 9.40 Å². The molecule has 0 unspecified atom stereocenters. The van der Waals surface area contributed by atoms with Crippen molar-refractivity contribution in [3.8, 4) is 11.5 Å². The molecule has 162 valence electrons. The number of fused-ring (bicyclic) bond motifs is 2. The summed E-state index contributed by atoms with van der Waals surface area (Å²) >= 11 is 1.92. The van der Waals surface area contributed by atoms with Crippen LogP contribution >= 0.6 is 11.8 Å². The third-order valence-corrected chi connectivity index (χ3v) is 6.42. The monoisotopic (exact) mass is 490 g/mol. The Kier molecular flexibility index (Phi) is 8.20. The lowest BCUT2D eigenvalue weighted by Crippen LogP contribution is -3.00. The molecule has 5 nitrogen and oxygen atoms in total. The smallest absolute Gasteiger partial charge is 0.203 e. The van der Waals surface area contributed by atoms with Crippen molar-refractivity contribution < 1.29 is 21.4 Å². The SMILES string of the molecule is CCN(CC)c1ccc2nc3ccc(=[N+]4CCN(CCSC)CC4)cc-3oc2c1.[Br-]. The normalized spacial score (nSPS) is 14.8. The van der Waals surface area contributed by atoms with Crippen LogP contribution in [0.4, 0.5) is 5.69 Å². The van der Waals surface area contributed by atoms with Crippen molar-refractivity contribution in [1.82, 2.24) is 14.5 Å². The maximum Gasteiger partial charge on any atom is 0.203 e. The van der Waals surface area contributed by atoms with Gasteiger partial charge in [-0.1, -0.05) is 0 Å². The van der Waals surface area contributed by atoms with Gasteiger partial charge in [0.25, 0.3) is 0 Å². The molecule has 4 rings (SSSR count). The van der Waals surface area contributed by atoms with Gasteiger partial charge >= 0.3 is 0 Å². The molecule has 0 aromatic heterocycles. The first-order valence-corrected chi connectivity index (χ1v) is 12.0. The molecule has 2 heterocycles. The molecule has 1 aromatic rings. The first-order chi connectivity index (χ1) is 14.2. The van der Waals surface area contributed by atoms with E-state index in [1.54, 1.807) is 0 Å². The Bertz CT molecular complexity index is 1010. The second kappa shape index (κ2) is 10.6. The Morgan fingerprint density at radius 1 is 1.10 bits per heavy atom. The average Bonchev–Trinajstić information content (AvgIpc) is 2.77. The Balaban J connectivity index is 0.00000256. The first kappa shape index (κ1) is 23.1. The highest BCUT2D eigenvalue weighted by Crippen LogP contribution is 2.27. The molecule has 1 aliphatic carbocycles. The van der Waals surface area contributed by atoms with Gasteiger partial charge in [-0.2, -0.15) is 11.8 Å². The predicted molar refractivity (Wildman–Crippen MR) is 124 cm³/mol. The molecule has 0 bridgehead atoms. The van der Waals surface area contributed by atoms with Gasteiger partial charge < -0.3 is 26.3 Å². The molecule has 7 heteroatoms. The van der Waals surface area contributed by atoms with E-state index in [2.05, 4.69) is 70.9 Å². The Morgan fingerprint density at radius 3 is 2.57 bits per heavy atom. The average molecular weight is 491 g/mol. The minimum Gasteiger partial charge on any atom is -1.00 e. The predicted octanol–water partition coefficient (Wildman–Crippen LogP) is 0.234. The van der Waals surface area contributed by atoms with E-state index in [9.17, 15) is 0 Å². The highest BCUT2D eigenvalue weighted by atomic mass is 79.9. The summed E-state index contributed by atoms with van der Waals surface area (Å²) in [7, 11) is 0. The van der Waals surface area contributed by atoms with Crippen molar-refractivity contribution in [2.45, 2.75) is 13.8 Å². The number of nitrogens with zero attached hydrogens (tertiary/aromatic N) is 4. The Hall–Kier alpha value is -1.57. The largest absolute Gasteiger partial charge is 1.00 e. The molecule has 0 spiro atoms. The van der Waals surface area contributed by atoms with Crippen LogP contribution in [0.25, 0.3) is 22.6 Å². The maximum atomic E-state index is 6.30. The molecule has 2 aliphatic heterocycles. The van der Waals surface area contributed by atoms with Gasteiger partial charge in [0.2, 0.25) is 5.36 Å². The fraction of sp³-hybridized carbons (Fsp3) is 0.478. The summed E-state index contributed by atoms with van der Waals surface area (Å²) < 4.78 is 8.76. The van der Waals surface area contributed by atoms with Crippen molar-refractivity contribution in [2.75, 3.05) is 62.7 Å². The van der Waals surface area contributed by atoms with Gasteiger partial charge in [0, 0.05) is 43.2 Å². The molecule has 1 saturated heterocycles. The number of thioether (sulfide) groups is 1. The number of piperazine rings is 1. The summed E-state index contributed by atoms with van der Waals surface area (Å²) in [6.07, 6.45) is 2.18. The summed E-state index contributed by atoms with van der Waals surface area (Å²) in [6, 6.07) is 12.7. The number of hydrogen-bond donors (Lipinski definition) is 0. The third kappa shape index (κ3) is 5.01. The summed E-state index contributed by atoms with van der Waals surface area (Å²) in [5.41, 5.74) is 3.85. The second-order valence-corrected chi connectivity index (χ2v) is 8.50. The van der Waals surface area contributed by atoms with Gasteiger partial charge in [-0.05, 0) is 38.3 Å². The van der Waals surface area contributed by atoms with Gasteiger partial charge in [0.1, 0.15) is 11.2 Å². The molecule has 1 fully saturated rings. The highest BCUT2D eigenvalue weighted by molar-refractivity contribution is 7.98. The fourth-order valence-electron chi connectivity index (χ4n) is 4.03. The van der Waals surface area contributed by atoms with Crippen LogP contribution in [0.2, 0.25) is 0 Å². The van der Waals surface area contributed by atoms with Crippen molar-refractivity contribution in [3.05, 3.63) is 41.8 Å². The molecule has 0 N–H and O–H groups in total. The number of hydrogen-bond acceptors (Lipinski definition) is 5. The highest BCUT2D eigenvalue weighted by Gasteiger charge is 2.20. The van der Waals surface area contributed by atoms with Crippen LogP contribution in [0.1, 0.15) is 13.8 Å².